The molecule has 1 aromatic rings. The van der Waals surface area contributed by atoms with E-state index in [9.17, 15) is 9.59 Å². The van der Waals surface area contributed by atoms with Crippen LogP contribution in [0.1, 0.15) is 13.8 Å². The van der Waals surface area contributed by atoms with Gasteiger partial charge >= 0.3 is 6.03 Å². The lowest BCUT2D eigenvalue weighted by Crippen LogP contribution is -2.65. The maximum Gasteiger partial charge on any atom is 0.328 e. The largest absolute Gasteiger partial charge is 0.379 e. The number of imide groups is 1. The second kappa shape index (κ2) is 7.65. The van der Waals surface area contributed by atoms with E-state index in [0.29, 0.717) is 32.3 Å². The molecule has 31 heavy (non-hydrogen) atoms. The lowest BCUT2D eigenvalue weighted by molar-refractivity contribution is -0.137. The fourth-order valence-electron chi connectivity index (χ4n) is 4.77. The van der Waals surface area contributed by atoms with Crippen molar-refractivity contribution in [3.63, 3.8) is 0 Å². The van der Waals surface area contributed by atoms with Crippen LogP contribution in [0, 0.1) is 0 Å². The van der Waals surface area contributed by atoms with Crippen molar-refractivity contribution in [1.29, 1.82) is 0 Å². The van der Waals surface area contributed by atoms with Crippen LogP contribution in [0.2, 0.25) is 0 Å². The topological polar surface area (TPSA) is 71.9 Å². The lowest BCUT2D eigenvalue weighted by atomic mass is 10.1. The predicted molar refractivity (Wildman–Crippen MR) is 116 cm³/mol. The Morgan fingerprint density at radius 3 is 2.45 bits per heavy atom. The van der Waals surface area contributed by atoms with E-state index in [-0.39, 0.29) is 11.9 Å². The van der Waals surface area contributed by atoms with Gasteiger partial charge in [0.2, 0.25) is 5.96 Å². The molecule has 0 aliphatic carbocycles. The minimum absolute atomic E-state index is 0.179. The third kappa shape index (κ3) is 3.11. The van der Waals surface area contributed by atoms with Gasteiger partial charge in [-0.05, 0) is 26.0 Å². The molecular formula is C22H28N6O3. The van der Waals surface area contributed by atoms with Gasteiger partial charge in [0, 0.05) is 50.3 Å². The Morgan fingerprint density at radius 1 is 1.03 bits per heavy atom. The van der Waals surface area contributed by atoms with Crippen LogP contribution in [-0.2, 0) is 9.53 Å². The zero-order chi connectivity index (χ0) is 21.7. The van der Waals surface area contributed by atoms with Crippen LogP contribution >= 0.6 is 0 Å². The molecule has 164 valence electrons. The molecule has 1 aromatic carbocycles. The van der Waals surface area contributed by atoms with Gasteiger partial charge < -0.3 is 9.64 Å². The molecule has 2 saturated heterocycles. The van der Waals surface area contributed by atoms with Crippen molar-refractivity contribution in [1.82, 2.24) is 19.6 Å². The van der Waals surface area contributed by atoms with Gasteiger partial charge in [-0.1, -0.05) is 18.2 Å². The number of carbonyl (C=O) groups excluding carboxylic acids is 2. The number of aliphatic imine (C=N–C) groups is 1. The quantitative estimate of drug-likeness (QED) is 0.727. The summed E-state index contributed by atoms with van der Waals surface area (Å²) >= 11 is 0. The zero-order valence-corrected chi connectivity index (χ0v) is 18.2. The van der Waals surface area contributed by atoms with Crippen molar-refractivity contribution in [2.75, 3.05) is 51.3 Å². The smallest absolute Gasteiger partial charge is 0.328 e. The summed E-state index contributed by atoms with van der Waals surface area (Å²) in [6.07, 6.45) is -0.524. The molecule has 0 saturated carbocycles. The van der Waals surface area contributed by atoms with Gasteiger partial charge in [0.25, 0.3) is 5.91 Å². The first-order valence-electron chi connectivity index (χ1n) is 10.8. The average molecular weight is 425 g/mol. The molecule has 0 N–H and O–H groups in total. The number of rotatable bonds is 4. The van der Waals surface area contributed by atoms with Crippen molar-refractivity contribution >= 4 is 23.6 Å². The maximum absolute atomic E-state index is 13.6. The van der Waals surface area contributed by atoms with E-state index >= 15 is 0 Å². The number of allylic oxidation sites excluding steroid dienone is 2. The monoisotopic (exact) mass is 424 g/mol. The number of hydrogen-bond acceptors (Lipinski definition) is 7. The molecule has 2 atom stereocenters. The van der Waals surface area contributed by atoms with Crippen LogP contribution in [0.25, 0.3) is 0 Å². The second-order valence-corrected chi connectivity index (χ2v) is 8.34. The van der Waals surface area contributed by atoms with Gasteiger partial charge in [0.1, 0.15) is 0 Å². The van der Waals surface area contributed by atoms with Crippen molar-refractivity contribution in [3.05, 3.63) is 41.7 Å². The lowest BCUT2D eigenvalue weighted by Gasteiger charge is -2.41. The summed E-state index contributed by atoms with van der Waals surface area (Å²) in [7, 11) is 1.74. The van der Waals surface area contributed by atoms with Crippen LogP contribution in [0.4, 0.5) is 10.5 Å². The Morgan fingerprint density at radius 2 is 1.74 bits per heavy atom. The molecule has 0 bridgehead atoms. The highest BCUT2D eigenvalue weighted by Gasteiger charge is 2.55. The Bertz CT molecular complexity index is 955. The maximum atomic E-state index is 13.6. The average Bonchev–Trinajstić information content (AvgIpc) is 3.29. The molecule has 4 aliphatic rings. The molecule has 4 aliphatic heterocycles. The molecule has 3 amide bonds. The fraction of sp³-hybridized carbons (Fsp3) is 0.500. The van der Waals surface area contributed by atoms with E-state index in [1.807, 2.05) is 49.1 Å². The minimum atomic E-state index is -0.536. The molecule has 0 radical (unpaired) electrons. The summed E-state index contributed by atoms with van der Waals surface area (Å²) in [5.41, 5.74) is 3.01. The van der Waals surface area contributed by atoms with E-state index in [4.69, 9.17) is 9.73 Å². The molecular weight excluding hydrogens is 396 g/mol. The van der Waals surface area contributed by atoms with Crippen LogP contribution in [0.5, 0.6) is 0 Å². The minimum Gasteiger partial charge on any atom is -0.379 e. The highest BCUT2D eigenvalue weighted by atomic mass is 16.5. The standard InChI is InChI=1S/C22H28N6O3/c1-15-16(2)28-18-19(23-21(28)27(15)17-7-5-4-6-8-17)24(3)22(30)26(20(18)29)10-9-25-11-13-31-14-12-25/h4-8,18-19H,9-14H2,1-3H3. The van der Waals surface area contributed by atoms with Gasteiger partial charge in [-0.2, -0.15) is 0 Å². The molecule has 5 rings (SSSR count). The first-order chi connectivity index (χ1) is 15.0. The summed E-state index contributed by atoms with van der Waals surface area (Å²) in [6, 6.07) is 9.17. The van der Waals surface area contributed by atoms with E-state index in [1.54, 1.807) is 11.9 Å². The van der Waals surface area contributed by atoms with Crippen LogP contribution in [0.15, 0.2) is 46.7 Å². The number of anilines is 1. The number of guanidine groups is 1. The van der Waals surface area contributed by atoms with Gasteiger partial charge in [-0.25, -0.2) is 9.79 Å². The summed E-state index contributed by atoms with van der Waals surface area (Å²) < 4.78 is 5.39. The molecule has 2 fully saturated rings. The molecule has 9 nitrogen and oxygen atoms in total. The Labute approximate surface area is 182 Å². The zero-order valence-electron chi connectivity index (χ0n) is 18.2. The third-order valence-electron chi connectivity index (χ3n) is 6.65. The number of benzene rings is 1. The summed E-state index contributed by atoms with van der Waals surface area (Å²) in [5, 5.41) is 0. The molecule has 4 heterocycles. The third-order valence-corrected chi connectivity index (χ3v) is 6.65. The van der Waals surface area contributed by atoms with Gasteiger partial charge in [0.05, 0.1) is 13.2 Å². The number of hydrogen-bond donors (Lipinski definition) is 0. The van der Waals surface area contributed by atoms with E-state index in [1.165, 1.54) is 4.90 Å². The number of nitrogens with zero attached hydrogens (tertiary/aromatic N) is 6. The van der Waals surface area contributed by atoms with Gasteiger partial charge in [-0.3, -0.25) is 24.4 Å². The number of ether oxygens (including phenoxy) is 1. The second-order valence-electron chi connectivity index (χ2n) is 8.34. The molecule has 0 spiro atoms. The van der Waals surface area contributed by atoms with Crippen molar-refractivity contribution in [3.8, 4) is 0 Å². The highest BCUT2D eigenvalue weighted by Crippen LogP contribution is 2.39. The Balaban J connectivity index is 1.42. The number of para-hydroxylation sites is 1. The van der Waals surface area contributed by atoms with Crippen molar-refractivity contribution < 1.29 is 14.3 Å². The number of urea groups is 1. The van der Waals surface area contributed by atoms with Crippen molar-refractivity contribution in [2.45, 2.75) is 26.1 Å². The molecule has 0 aromatic heterocycles. The van der Waals surface area contributed by atoms with Crippen molar-refractivity contribution in [2.24, 2.45) is 4.99 Å². The number of fused-ring (bicyclic) bond motifs is 3. The SMILES string of the molecule is CC1=C(C)N2C(=NC3C2C(=O)N(CCN2CCOCC2)C(=O)N3C)N1c1ccccc1. The van der Waals surface area contributed by atoms with Crippen LogP contribution in [-0.4, -0.2) is 96.1 Å². The first kappa shape index (κ1) is 20.0. The normalized spacial score (nSPS) is 26.6. The number of carbonyl (C=O) groups is 2. The van der Waals surface area contributed by atoms with E-state index < -0.39 is 12.2 Å². The Hall–Kier alpha value is -2.91. The van der Waals surface area contributed by atoms with Crippen LogP contribution < -0.4 is 4.90 Å². The Kier molecular flexibility index (Phi) is 4.94. The number of morpholine rings is 1. The predicted octanol–water partition coefficient (Wildman–Crippen LogP) is 1.35. The molecule has 9 heteroatoms. The summed E-state index contributed by atoms with van der Waals surface area (Å²) in [4.78, 5) is 40.7. The van der Waals surface area contributed by atoms with E-state index in [2.05, 4.69) is 9.80 Å². The van der Waals surface area contributed by atoms with Gasteiger partial charge in [0.15, 0.2) is 12.2 Å². The number of likely N-dealkylation sites (N-methyl/N-ethyl adjacent to an activating group) is 1. The number of amides is 3. The summed E-state index contributed by atoms with van der Waals surface area (Å²) in [6.45, 7) is 8.11. The van der Waals surface area contributed by atoms with Gasteiger partial charge in [-0.15, -0.1) is 0 Å². The van der Waals surface area contributed by atoms with Crippen LogP contribution in [0.3, 0.4) is 0 Å². The molecule has 2 unspecified atom stereocenters. The highest BCUT2D eigenvalue weighted by molar-refractivity contribution is 6.10. The first-order valence-corrected chi connectivity index (χ1v) is 10.8. The van der Waals surface area contributed by atoms with E-state index in [0.717, 1.165) is 30.2 Å². The summed E-state index contributed by atoms with van der Waals surface area (Å²) in [5.74, 6) is 0.529. The fourth-order valence-corrected chi connectivity index (χ4v) is 4.77.